The molecule has 0 aliphatic rings. The fourth-order valence-corrected chi connectivity index (χ4v) is 2.66. The van der Waals surface area contributed by atoms with Crippen molar-refractivity contribution in [1.82, 2.24) is 0 Å². The van der Waals surface area contributed by atoms with E-state index in [9.17, 15) is 4.79 Å². The molecule has 0 aromatic heterocycles. The van der Waals surface area contributed by atoms with E-state index < -0.39 is 5.60 Å². The fourth-order valence-electron chi connectivity index (χ4n) is 1.37. The number of hydrogen-bond donors (Lipinski definition) is 1. The van der Waals surface area contributed by atoms with Crippen molar-refractivity contribution in [2.45, 2.75) is 26.4 Å². The van der Waals surface area contributed by atoms with Crippen molar-refractivity contribution in [2.75, 3.05) is 19.0 Å². The maximum atomic E-state index is 11.6. The molecule has 0 aliphatic carbocycles. The summed E-state index contributed by atoms with van der Waals surface area (Å²) in [6.07, 6.45) is 0. The molecule has 19 heavy (non-hydrogen) atoms. The standard InChI is InChI=1S/C13H17Br2NO3/c1-13(2,3)19-12(17)7-16-10-6-11(18-4)9(15)5-8(10)14/h5-6,16H,7H2,1-4H3. The van der Waals surface area contributed by atoms with Crippen LogP contribution in [0.1, 0.15) is 20.8 Å². The van der Waals surface area contributed by atoms with E-state index in [1.165, 1.54) is 0 Å². The van der Waals surface area contributed by atoms with Crippen molar-refractivity contribution in [3.63, 3.8) is 0 Å². The highest BCUT2D eigenvalue weighted by Crippen LogP contribution is 2.34. The largest absolute Gasteiger partial charge is 0.495 e. The van der Waals surface area contributed by atoms with Crippen LogP contribution in [0.5, 0.6) is 5.75 Å². The van der Waals surface area contributed by atoms with Crippen molar-refractivity contribution >= 4 is 43.5 Å². The Labute approximate surface area is 130 Å². The quantitative estimate of drug-likeness (QED) is 0.784. The number of nitrogens with one attached hydrogen (secondary N) is 1. The summed E-state index contributed by atoms with van der Waals surface area (Å²) in [7, 11) is 1.59. The third kappa shape index (κ3) is 5.40. The molecule has 1 aromatic carbocycles. The first kappa shape index (κ1) is 16.3. The molecule has 0 atom stereocenters. The lowest BCUT2D eigenvalue weighted by Crippen LogP contribution is -2.28. The minimum atomic E-state index is -0.479. The molecule has 0 spiro atoms. The van der Waals surface area contributed by atoms with E-state index >= 15 is 0 Å². The molecule has 0 heterocycles. The second-order valence-electron chi connectivity index (χ2n) is 4.91. The number of methoxy groups -OCH3 is 1. The second kappa shape index (κ2) is 6.61. The molecule has 106 valence electrons. The van der Waals surface area contributed by atoms with Crippen LogP contribution in [0.2, 0.25) is 0 Å². The van der Waals surface area contributed by atoms with Gasteiger partial charge in [-0.3, -0.25) is 4.79 Å². The Kier molecular flexibility index (Phi) is 5.67. The predicted octanol–water partition coefficient (Wildman–Crippen LogP) is 3.97. The summed E-state index contributed by atoms with van der Waals surface area (Å²) in [5.41, 5.74) is 0.291. The highest BCUT2D eigenvalue weighted by atomic mass is 79.9. The number of esters is 1. The SMILES string of the molecule is COc1cc(NCC(=O)OC(C)(C)C)c(Br)cc1Br. The molecule has 1 aromatic rings. The first-order valence-corrected chi connectivity index (χ1v) is 7.30. The maximum Gasteiger partial charge on any atom is 0.325 e. The van der Waals surface area contributed by atoms with E-state index in [1.807, 2.05) is 26.8 Å². The minimum Gasteiger partial charge on any atom is -0.495 e. The highest BCUT2D eigenvalue weighted by Gasteiger charge is 2.16. The van der Waals surface area contributed by atoms with E-state index in [0.29, 0.717) is 5.75 Å². The summed E-state index contributed by atoms with van der Waals surface area (Å²) in [5.74, 6) is 0.385. The van der Waals surface area contributed by atoms with Gasteiger partial charge in [0.15, 0.2) is 0 Å². The van der Waals surface area contributed by atoms with Gasteiger partial charge in [0.25, 0.3) is 0 Å². The molecule has 1 N–H and O–H groups in total. The van der Waals surface area contributed by atoms with Crippen LogP contribution in [-0.2, 0) is 9.53 Å². The van der Waals surface area contributed by atoms with Gasteiger partial charge in [0.2, 0.25) is 0 Å². The molecule has 4 nitrogen and oxygen atoms in total. The average Bonchev–Trinajstić information content (AvgIpc) is 2.25. The van der Waals surface area contributed by atoms with Crippen LogP contribution in [0.25, 0.3) is 0 Å². The van der Waals surface area contributed by atoms with Crippen LogP contribution < -0.4 is 10.1 Å². The number of rotatable bonds is 4. The highest BCUT2D eigenvalue weighted by molar-refractivity contribution is 9.11. The first-order valence-electron chi connectivity index (χ1n) is 5.71. The normalized spacial score (nSPS) is 11.1. The zero-order chi connectivity index (χ0) is 14.6. The summed E-state index contributed by atoms with van der Waals surface area (Å²) in [6, 6.07) is 3.66. The summed E-state index contributed by atoms with van der Waals surface area (Å²) in [4.78, 5) is 11.6. The van der Waals surface area contributed by atoms with Gasteiger partial charge in [0.05, 0.1) is 17.3 Å². The lowest BCUT2D eigenvalue weighted by Gasteiger charge is -2.20. The molecule has 6 heteroatoms. The molecule has 0 bridgehead atoms. The van der Waals surface area contributed by atoms with Crippen LogP contribution >= 0.6 is 31.9 Å². The average molecular weight is 395 g/mol. The Morgan fingerprint density at radius 1 is 1.26 bits per heavy atom. The molecule has 0 saturated heterocycles. The Balaban J connectivity index is 2.70. The lowest BCUT2D eigenvalue weighted by atomic mass is 10.2. The summed E-state index contributed by atoms with van der Waals surface area (Å²) < 4.78 is 12.1. The second-order valence-corrected chi connectivity index (χ2v) is 6.62. The lowest BCUT2D eigenvalue weighted by molar-refractivity contribution is -0.152. The van der Waals surface area contributed by atoms with Gasteiger partial charge in [0.1, 0.15) is 17.9 Å². The predicted molar refractivity (Wildman–Crippen MR) is 82.7 cm³/mol. The Bertz CT molecular complexity index is 470. The molecule has 0 radical (unpaired) electrons. The van der Waals surface area contributed by atoms with Crippen LogP contribution in [-0.4, -0.2) is 25.2 Å². The first-order chi connectivity index (χ1) is 8.73. The zero-order valence-corrected chi connectivity index (χ0v) is 14.5. The van der Waals surface area contributed by atoms with Gasteiger partial charge in [-0.15, -0.1) is 0 Å². The third-order valence-electron chi connectivity index (χ3n) is 2.08. The van der Waals surface area contributed by atoms with E-state index in [1.54, 1.807) is 13.2 Å². The number of halogens is 2. The molecule has 0 unspecified atom stereocenters. The van der Waals surface area contributed by atoms with E-state index in [2.05, 4.69) is 37.2 Å². The Morgan fingerprint density at radius 3 is 2.42 bits per heavy atom. The molecule has 0 fully saturated rings. The summed E-state index contributed by atoms with van der Waals surface area (Å²) >= 11 is 6.81. The van der Waals surface area contributed by atoms with E-state index in [4.69, 9.17) is 9.47 Å². The fraction of sp³-hybridized carbons (Fsp3) is 0.462. The van der Waals surface area contributed by atoms with Gasteiger partial charge in [-0.2, -0.15) is 0 Å². The van der Waals surface area contributed by atoms with Crippen molar-refractivity contribution in [3.05, 3.63) is 21.1 Å². The molecular weight excluding hydrogens is 378 g/mol. The molecular formula is C13H17Br2NO3. The van der Waals surface area contributed by atoms with Crippen LogP contribution in [0, 0.1) is 0 Å². The Morgan fingerprint density at radius 2 is 1.89 bits per heavy atom. The maximum absolute atomic E-state index is 11.6. The van der Waals surface area contributed by atoms with E-state index in [-0.39, 0.29) is 12.5 Å². The van der Waals surface area contributed by atoms with Gasteiger partial charge in [-0.05, 0) is 58.7 Å². The van der Waals surface area contributed by atoms with E-state index in [0.717, 1.165) is 14.6 Å². The number of benzene rings is 1. The third-order valence-corrected chi connectivity index (χ3v) is 3.36. The van der Waals surface area contributed by atoms with Crippen molar-refractivity contribution in [3.8, 4) is 5.75 Å². The minimum absolute atomic E-state index is 0.0979. The smallest absolute Gasteiger partial charge is 0.325 e. The van der Waals surface area contributed by atoms with Crippen molar-refractivity contribution < 1.29 is 14.3 Å². The number of anilines is 1. The molecule has 0 amide bonds. The van der Waals surface area contributed by atoms with Gasteiger partial charge in [-0.1, -0.05) is 0 Å². The Hall–Kier alpha value is -0.750. The number of carbonyl (C=O) groups excluding carboxylic acids is 1. The number of carbonyl (C=O) groups is 1. The van der Waals surface area contributed by atoms with Crippen molar-refractivity contribution in [1.29, 1.82) is 0 Å². The zero-order valence-electron chi connectivity index (χ0n) is 11.3. The van der Waals surface area contributed by atoms with Gasteiger partial charge in [0, 0.05) is 10.5 Å². The van der Waals surface area contributed by atoms with Gasteiger partial charge in [-0.25, -0.2) is 0 Å². The molecule has 0 aliphatic heterocycles. The summed E-state index contributed by atoms with van der Waals surface area (Å²) in [6.45, 7) is 5.61. The number of ether oxygens (including phenoxy) is 2. The van der Waals surface area contributed by atoms with Crippen LogP contribution in [0.3, 0.4) is 0 Å². The number of hydrogen-bond acceptors (Lipinski definition) is 4. The van der Waals surface area contributed by atoms with Gasteiger partial charge >= 0.3 is 5.97 Å². The topological polar surface area (TPSA) is 47.6 Å². The monoisotopic (exact) mass is 393 g/mol. The molecule has 1 rings (SSSR count). The molecule has 0 saturated carbocycles. The van der Waals surface area contributed by atoms with Crippen molar-refractivity contribution in [2.24, 2.45) is 0 Å². The van der Waals surface area contributed by atoms with Gasteiger partial charge < -0.3 is 14.8 Å². The van der Waals surface area contributed by atoms with Crippen LogP contribution in [0.4, 0.5) is 5.69 Å². The van der Waals surface area contributed by atoms with Crippen LogP contribution in [0.15, 0.2) is 21.1 Å². The summed E-state index contributed by atoms with van der Waals surface area (Å²) in [5, 5.41) is 3.01.